The third kappa shape index (κ3) is 2.11. The lowest BCUT2D eigenvalue weighted by atomic mass is 9.66. The average Bonchev–Trinajstić information content (AvgIpc) is 2.03. The zero-order chi connectivity index (χ0) is 10.1. The number of carbonyl (C=O) groups is 1. The molecule has 0 bridgehead atoms. The second-order valence-electron chi connectivity index (χ2n) is 4.97. The summed E-state index contributed by atoms with van der Waals surface area (Å²) >= 11 is 0. The maximum absolute atomic E-state index is 11.0. The van der Waals surface area contributed by atoms with Crippen LogP contribution in [0.4, 0.5) is 0 Å². The van der Waals surface area contributed by atoms with Crippen LogP contribution in [-0.2, 0) is 4.79 Å². The summed E-state index contributed by atoms with van der Waals surface area (Å²) in [6.45, 7) is 6.50. The fourth-order valence-corrected chi connectivity index (χ4v) is 2.68. The Morgan fingerprint density at radius 3 is 2.54 bits per heavy atom. The monoisotopic (exact) mass is 183 g/mol. The standard InChI is InChI=1S/C11H21NO/c1-8(2)10-5-4-9(3)6-11(10,12)7-13/h7-10H,4-6,12H2,1-3H3. The molecule has 1 aliphatic carbocycles. The minimum atomic E-state index is -0.550. The second kappa shape index (κ2) is 3.79. The van der Waals surface area contributed by atoms with Crippen molar-refractivity contribution in [2.75, 3.05) is 0 Å². The smallest absolute Gasteiger partial charge is 0.140 e. The first kappa shape index (κ1) is 10.7. The fraction of sp³-hybridized carbons (Fsp3) is 0.909. The number of hydrogen-bond acceptors (Lipinski definition) is 2. The summed E-state index contributed by atoms with van der Waals surface area (Å²) in [5, 5.41) is 0. The SMILES string of the molecule is CC1CCC(C(C)C)C(N)(C=O)C1. The molecule has 76 valence electrons. The van der Waals surface area contributed by atoms with Crippen molar-refractivity contribution in [2.24, 2.45) is 23.5 Å². The highest BCUT2D eigenvalue weighted by molar-refractivity contribution is 5.64. The van der Waals surface area contributed by atoms with Crippen LogP contribution >= 0.6 is 0 Å². The van der Waals surface area contributed by atoms with Gasteiger partial charge in [-0.2, -0.15) is 0 Å². The van der Waals surface area contributed by atoms with E-state index in [1.165, 1.54) is 6.42 Å². The van der Waals surface area contributed by atoms with Crippen molar-refractivity contribution < 1.29 is 4.79 Å². The van der Waals surface area contributed by atoms with Gasteiger partial charge in [0.05, 0.1) is 5.54 Å². The van der Waals surface area contributed by atoms with E-state index in [-0.39, 0.29) is 0 Å². The Labute approximate surface area is 80.9 Å². The topological polar surface area (TPSA) is 43.1 Å². The Bertz CT molecular complexity index is 191. The molecule has 1 rings (SSSR count). The molecule has 3 atom stereocenters. The van der Waals surface area contributed by atoms with Crippen molar-refractivity contribution in [3.05, 3.63) is 0 Å². The van der Waals surface area contributed by atoms with E-state index in [9.17, 15) is 4.79 Å². The van der Waals surface area contributed by atoms with Crippen LogP contribution in [0, 0.1) is 17.8 Å². The lowest BCUT2D eigenvalue weighted by molar-refractivity contribution is -0.116. The number of hydrogen-bond donors (Lipinski definition) is 1. The molecule has 0 aliphatic heterocycles. The van der Waals surface area contributed by atoms with Crippen LogP contribution in [0.25, 0.3) is 0 Å². The molecular weight excluding hydrogens is 162 g/mol. The molecule has 1 aliphatic rings. The Kier molecular flexibility index (Phi) is 3.12. The summed E-state index contributed by atoms with van der Waals surface area (Å²) in [5.74, 6) is 1.49. The third-order valence-corrected chi connectivity index (χ3v) is 3.39. The molecule has 0 aromatic carbocycles. The largest absolute Gasteiger partial charge is 0.319 e. The molecule has 0 aromatic heterocycles. The Balaban J connectivity index is 2.78. The maximum atomic E-state index is 11.0. The van der Waals surface area contributed by atoms with Crippen LogP contribution in [0.3, 0.4) is 0 Å². The number of carbonyl (C=O) groups excluding carboxylic acids is 1. The summed E-state index contributed by atoms with van der Waals surface area (Å²) in [5.41, 5.74) is 5.58. The first-order valence-electron chi connectivity index (χ1n) is 5.25. The van der Waals surface area contributed by atoms with Crippen molar-refractivity contribution in [2.45, 2.75) is 45.6 Å². The van der Waals surface area contributed by atoms with Crippen LogP contribution < -0.4 is 5.73 Å². The van der Waals surface area contributed by atoms with Gasteiger partial charge < -0.3 is 10.5 Å². The zero-order valence-corrected chi connectivity index (χ0v) is 8.92. The second-order valence-corrected chi connectivity index (χ2v) is 4.97. The number of aldehydes is 1. The van der Waals surface area contributed by atoms with Crippen molar-refractivity contribution in [1.82, 2.24) is 0 Å². The van der Waals surface area contributed by atoms with Gasteiger partial charge in [0.25, 0.3) is 0 Å². The molecule has 0 saturated heterocycles. The van der Waals surface area contributed by atoms with Gasteiger partial charge in [-0.1, -0.05) is 27.2 Å². The van der Waals surface area contributed by atoms with Gasteiger partial charge in [-0.25, -0.2) is 0 Å². The minimum Gasteiger partial charge on any atom is -0.319 e. The van der Waals surface area contributed by atoms with Crippen LogP contribution in [-0.4, -0.2) is 11.8 Å². The van der Waals surface area contributed by atoms with Gasteiger partial charge in [0.15, 0.2) is 0 Å². The van der Waals surface area contributed by atoms with E-state index < -0.39 is 5.54 Å². The summed E-state index contributed by atoms with van der Waals surface area (Å²) in [6.07, 6.45) is 4.16. The van der Waals surface area contributed by atoms with E-state index in [1.807, 2.05) is 0 Å². The lowest BCUT2D eigenvalue weighted by Crippen LogP contribution is -2.54. The average molecular weight is 183 g/mol. The maximum Gasteiger partial charge on any atom is 0.140 e. The van der Waals surface area contributed by atoms with E-state index in [4.69, 9.17) is 5.73 Å². The van der Waals surface area contributed by atoms with Gasteiger partial charge in [0.2, 0.25) is 0 Å². The molecule has 0 spiro atoms. The molecule has 13 heavy (non-hydrogen) atoms. The fourth-order valence-electron chi connectivity index (χ4n) is 2.68. The van der Waals surface area contributed by atoms with Gasteiger partial charge in [-0.15, -0.1) is 0 Å². The number of rotatable bonds is 2. The summed E-state index contributed by atoms with van der Waals surface area (Å²) < 4.78 is 0. The quantitative estimate of drug-likeness (QED) is 0.665. The van der Waals surface area contributed by atoms with Gasteiger partial charge in [0.1, 0.15) is 6.29 Å². The van der Waals surface area contributed by atoms with E-state index in [0.29, 0.717) is 17.8 Å². The molecule has 2 N–H and O–H groups in total. The third-order valence-electron chi connectivity index (χ3n) is 3.39. The van der Waals surface area contributed by atoms with E-state index in [2.05, 4.69) is 20.8 Å². The molecular formula is C11H21NO. The van der Waals surface area contributed by atoms with Crippen LogP contribution in [0.1, 0.15) is 40.0 Å². The summed E-state index contributed by atoms with van der Waals surface area (Å²) in [4.78, 5) is 11.0. The molecule has 3 unspecified atom stereocenters. The highest BCUT2D eigenvalue weighted by Crippen LogP contribution is 2.38. The summed E-state index contributed by atoms with van der Waals surface area (Å²) in [7, 11) is 0. The van der Waals surface area contributed by atoms with Crippen molar-refractivity contribution in [1.29, 1.82) is 0 Å². The van der Waals surface area contributed by atoms with E-state index in [0.717, 1.165) is 19.1 Å². The first-order valence-corrected chi connectivity index (χ1v) is 5.25. The molecule has 2 heteroatoms. The molecule has 1 saturated carbocycles. The van der Waals surface area contributed by atoms with Gasteiger partial charge in [-0.05, 0) is 30.6 Å². The van der Waals surface area contributed by atoms with Crippen LogP contribution in [0.15, 0.2) is 0 Å². The Morgan fingerprint density at radius 1 is 1.46 bits per heavy atom. The zero-order valence-electron chi connectivity index (χ0n) is 8.92. The highest BCUT2D eigenvalue weighted by Gasteiger charge is 2.40. The van der Waals surface area contributed by atoms with Crippen molar-refractivity contribution in [3.63, 3.8) is 0 Å². The normalized spacial score (nSPS) is 40.7. The van der Waals surface area contributed by atoms with E-state index in [1.54, 1.807) is 0 Å². The number of nitrogens with two attached hydrogens (primary N) is 1. The minimum absolute atomic E-state index is 0.376. The first-order chi connectivity index (χ1) is 5.99. The molecule has 2 nitrogen and oxygen atoms in total. The Morgan fingerprint density at radius 2 is 2.08 bits per heavy atom. The molecule has 0 amide bonds. The molecule has 1 fully saturated rings. The van der Waals surface area contributed by atoms with Gasteiger partial charge in [-0.3, -0.25) is 0 Å². The van der Waals surface area contributed by atoms with Crippen molar-refractivity contribution >= 4 is 6.29 Å². The predicted molar refractivity (Wildman–Crippen MR) is 54.3 cm³/mol. The van der Waals surface area contributed by atoms with Crippen LogP contribution in [0.2, 0.25) is 0 Å². The molecule has 0 radical (unpaired) electrons. The Hall–Kier alpha value is -0.370. The highest BCUT2D eigenvalue weighted by atomic mass is 16.1. The summed E-state index contributed by atoms with van der Waals surface area (Å²) in [6, 6.07) is 0. The van der Waals surface area contributed by atoms with Gasteiger partial charge in [0, 0.05) is 0 Å². The molecule has 0 heterocycles. The molecule has 0 aromatic rings. The predicted octanol–water partition coefficient (Wildman–Crippen LogP) is 1.98. The van der Waals surface area contributed by atoms with E-state index >= 15 is 0 Å². The van der Waals surface area contributed by atoms with Crippen molar-refractivity contribution in [3.8, 4) is 0 Å². The van der Waals surface area contributed by atoms with Crippen LogP contribution in [0.5, 0.6) is 0 Å². The van der Waals surface area contributed by atoms with Gasteiger partial charge >= 0.3 is 0 Å². The lowest BCUT2D eigenvalue weighted by Gasteiger charge is -2.42.